The van der Waals surface area contributed by atoms with Crippen LogP contribution in [0.15, 0.2) is 0 Å². The molecule has 0 aromatic carbocycles. The van der Waals surface area contributed by atoms with Gasteiger partial charge in [0.2, 0.25) is 0 Å². The molecule has 0 aromatic rings. The highest BCUT2D eigenvalue weighted by Gasteiger charge is 2.24. The van der Waals surface area contributed by atoms with Crippen molar-refractivity contribution < 1.29 is 4.74 Å². The maximum atomic E-state index is 8.95. The molecule has 0 unspecified atom stereocenters. The molecule has 0 heterocycles. The lowest BCUT2D eigenvalue weighted by Crippen LogP contribution is -2.20. The Kier molecular flexibility index (Phi) is 7.58. The molecule has 2 fully saturated rings. The van der Waals surface area contributed by atoms with Gasteiger partial charge in [-0.15, -0.1) is 0 Å². The van der Waals surface area contributed by atoms with Crippen molar-refractivity contribution in [1.29, 1.82) is 5.26 Å². The second kappa shape index (κ2) is 9.46. The van der Waals surface area contributed by atoms with Crippen LogP contribution in [0.4, 0.5) is 0 Å². The van der Waals surface area contributed by atoms with Gasteiger partial charge in [-0.25, -0.2) is 0 Å². The summed E-state index contributed by atoms with van der Waals surface area (Å²) in [6.07, 6.45) is 14.5. The summed E-state index contributed by atoms with van der Waals surface area (Å²) in [6.45, 7) is 4.12. The molecular weight excluding hydrogens is 258 g/mol. The average Bonchev–Trinajstić information content (AvgIpc) is 2.55. The largest absolute Gasteiger partial charge is 0.381 e. The molecule has 0 spiro atoms. The van der Waals surface area contributed by atoms with Crippen molar-refractivity contribution in [2.75, 3.05) is 13.2 Å². The highest BCUT2D eigenvalue weighted by Crippen LogP contribution is 2.36. The van der Waals surface area contributed by atoms with Crippen molar-refractivity contribution in [2.45, 2.75) is 77.6 Å². The minimum atomic E-state index is 0.361. The molecular formula is C19H33NO. The highest BCUT2D eigenvalue weighted by atomic mass is 16.5. The minimum Gasteiger partial charge on any atom is -0.381 e. The van der Waals surface area contributed by atoms with Gasteiger partial charge in [-0.2, -0.15) is 5.26 Å². The first-order chi connectivity index (χ1) is 10.3. The fourth-order valence-corrected chi connectivity index (χ4v) is 4.13. The van der Waals surface area contributed by atoms with Gasteiger partial charge < -0.3 is 4.74 Å². The molecule has 21 heavy (non-hydrogen) atoms. The Morgan fingerprint density at radius 2 is 1.38 bits per heavy atom. The van der Waals surface area contributed by atoms with E-state index in [2.05, 4.69) is 13.0 Å². The van der Waals surface area contributed by atoms with E-state index >= 15 is 0 Å². The standard InChI is InChI=1S/C19H33NO/c1-2-13-21-15-19-11-7-17(8-12-19)4-3-16-5-9-18(14-20)10-6-16/h16-19H,2-13,15H2,1H3. The molecule has 0 aromatic heterocycles. The van der Waals surface area contributed by atoms with Crippen LogP contribution in [0.25, 0.3) is 0 Å². The number of rotatable bonds is 7. The van der Waals surface area contributed by atoms with Crippen LogP contribution in [0, 0.1) is 35.0 Å². The fourth-order valence-electron chi connectivity index (χ4n) is 4.13. The Labute approximate surface area is 131 Å². The summed E-state index contributed by atoms with van der Waals surface area (Å²) in [7, 11) is 0. The molecule has 0 bridgehead atoms. The van der Waals surface area contributed by atoms with Crippen LogP contribution in [0.3, 0.4) is 0 Å². The van der Waals surface area contributed by atoms with E-state index in [1.54, 1.807) is 0 Å². The van der Waals surface area contributed by atoms with Gasteiger partial charge in [-0.1, -0.05) is 32.6 Å². The first-order valence-electron chi connectivity index (χ1n) is 9.29. The van der Waals surface area contributed by atoms with Gasteiger partial charge in [-0.3, -0.25) is 0 Å². The molecule has 0 amide bonds. The number of nitriles is 1. The first-order valence-corrected chi connectivity index (χ1v) is 9.29. The molecule has 2 aliphatic rings. The van der Waals surface area contributed by atoms with Gasteiger partial charge in [-0.05, 0) is 62.7 Å². The van der Waals surface area contributed by atoms with E-state index < -0.39 is 0 Å². The molecule has 2 saturated carbocycles. The molecule has 0 radical (unpaired) electrons. The van der Waals surface area contributed by atoms with Crippen LogP contribution in [0.1, 0.15) is 77.6 Å². The predicted molar refractivity (Wildman–Crippen MR) is 86.9 cm³/mol. The molecule has 0 atom stereocenters. The second-order valence-corrected chi connectivity index (χ2v) is 7.39. The highest BCUT2D eigenvalue weighted by molar-refractivity contribution is 4.87. The Hall–Kier alpha value is -0.550. The van der Waals surface area contributed by atoms with E-state index in [0.29, 0.717) is 5.92 Å². The smallest absolute Gasteiger partial charge is 0.0655 e. The number of hydrogen-bond acceptors (Lipinski definition) is 2. The number of nitrogens with zero attached hydrogens (tertiary/aromatic N) is 1. The average molecular weight is 291 g/mol. The summed E-state index contributed by atoms with van der Waals surface area (Å²) in [6, 6.07) is 2.44. The summed E-state index contributed by atoms with van der Waals surface area (Å²) in [5.41, 5.74) is 0. The third-order valence-electron chi connectivity index (χ3n) is 5.68. The van der Waals surface area contributed by atoms with Gasteiger partial charge in [0.05, 0.1) is 6.07 Å². The summed E-state index contributed by atoms with van der Waals surface area (Å²) >= 11 is 0. The first kappa shape index (κ1) is 16.8. The third kappa shape index (κ3) is 5.99. The van der Waals surface area contributed by atoms with Crippen molar-refractivity contribution in [2.24, 2.45) is 23.7 Å². The third-order valence-corrected chi connectivity index (χ3v) is 5.68. The van der Waals surface area contributed by atoms with Gasteiger partial charge in [0.15, 0.2) is 0 Å². The van der Waals surface area contributed by atoms with Crippen LogP contribution in [0.2, 0.25) is 0 Å². The fraction of sp³-hybridized carbons (Fsp3) is 0.947. The van der Waals surface area contributed by atoms with E-state index in [4.69, 9.17) is 10.00 Å². The Morgan fingerprint density at radius 3 is 1.90 bits per heavy atom. The van der Waals surface area contributed by atoms with Crippen LogP contribution in [-0.2, 0) is 4.74 Å². The molecule has 0 aliphatic heterocycles. The van der Waals surface area contributed by atoms with Crippen molar-refractivity contribution >= 4 is 0 Å². The summed E-state index contributed by atoms with van der Waals surface area (Å²) in [5.74, 6) is 3.08. The normalized spacial score (nSPS) is 33.5. The lowest BCUT2D eigenvalue weighted by molar-refractivity contribution is 0.0764. The molecule has 2 nitrogen and oxygen atoms in total. The summed E-state index contributed by atoms with van der Waals surface area (Å²) < 4.78 is 5.71. The SMILES string of the molecule is CCCOCC1CCC(CCC2CCC(C#N)CC2)CC1. The van der Waals surface area contributed by atoms with E-state index in [1.807, 2.05) is 0 Å². The van der Waals surface area contributed by atoms with E-state index in [1.165, 1.54) is 51.4 Å². The van der Waals surface area contributed by atoms with Crippen LogP contribution in [0.5, 0.6) is 0 Å². The number of hydrogen-bond donors (Lipinski definition) is 0. The number of ether oxygens (including phenoxy) is 1. The lowest BCUT2D eigenvalue weighted by atomic mass is 9.76. The molecule has 0 N–H and O–H groups in total. The van der Waals surface area contributed by atoms with Crippen molar-refractivity contribution in [3.63, 3.8) is 0 Å². The van der Waals surface area contributed by atoms with E-state index in [9.17, 15) is 0 Å². The zero-order chi connectivity index (χ0) is 14.9. The zero-order valence-corrected chi connectivity index (χ0v) is 13.9. The lowest BCUT2D eigenvalue weighted by Gasteiger charge is -2.30. The topological polar surface area (TPSA) is 33.0 Å². The Balaban J connectivity index is 1.54. The van der Waals surface area contributed by atoms with Crippen LogP contribution >= 0.6 is 0 Å². The second-order valence-electron chi connectivity index (χ2n) is 7.39. The maximum absolute atomic E-state index is 8.95. The van der Waals surface area contributed by atoms with Crippen molar-refractivity contribution in [3.05, 3.63) is 0 Å². The quantitative estimate of drug-likeness (QED) is 0.594. The van der Waals surface area contributed by atoms with Crippen molar-refractivity contribution in [3.8, 4) is 6.07 Å². The van der Waals surface area contributed by atoms with Crippen molar-refractivity contribution in [1.82, 2.24) is 0 Å². The monoisotopic (exact) mass is 291 g/mol. The maximum Gasteiger partial charge on any atom is 0.0655 e. The van der Waals surface area contributed by atoms with Gasteiger partial charge in [0, 0.05) is 19.1 Å². The van der Waals surface area contributed by atoms with E-state index in [0.717, 1.165) is 50.2 Å². The summed E-state index contributed by atoms with van der Waals surface area (Å²) in [5, 5.41) is 8.95. The Morgan fingerprint density at radius 1 is 0.857 bits per heavy atom. The van der Waals surface area contributed by atoms with E-state index in [-0.39, 0.29) is 0 Å². The Bertz CT molecular complexity index is 306. The predicted octanol–water partition coefficient (Wildman–Crippen LogP) is 5.33. The molecule has 120 valence electrons. The molecule has 0 saturated heterocycles. The van der Waals surface area contributed by atoms with Gasteiger partial charge in [0.25, 0.3) is 0 Å². The van der Waals surface area contributed by atoms with Crippen LogP contribution < -0.4 is 0 Å². The molecule has 2 heteroatoms. The van der Waals surface area contributed by atoms with Gasteiger partial charge in [0.1, 0.15) is 0 Å². The molecule has 2 aliphatic carbocycles. The van der Waals surface area contributed by atoms with Crippen LogP contribution in [-0.4, -0.2) is 13.2 Å². The minimum absolute atomic E-state index is 0.361. The molecule has 2 rings (SSSR count). The zero-order valence-electron chi connectivity index (χ0n) is 13.9. The summed E-state index contributed by atoms with van der Waals surface area (Å²) in [4.78, 5) is 0. The van der Waals surface area contributed by atoms with Gasteiger partial charge >= 0.3 is 0 Å².